The molecule has 0 aliphatic heterocycles. The molecular weight excluding hydrogens is 348 g/mol. The van der Waals surface area contributed by atoms with Crippen molar-refractivity contribution in [3.05, 3.63) is 51.9 Å². The maximum Gasteiger partial charge on any atom is 0.251 e. The second-order valence-electron chi connectivity index (χ2n) is 6.47. The number of rotatable bonds is 7. The lowest BCUT2D eigenvalue weighted by Crippen LogP contribution is -2.18. The van der Waals surface area contributed by atoms with E-state index >= 15 is 0 Å². The summed E-state index contributed by atoms with van der Waals surface area (Å²) in [7, 11) is 0. The summed E-state index contributed by atoms with van der Waals surface area (Å²) in [6.45, 7) is 0.811. The number of nitrogens with one attached hydrogen (secondary N) is 1. The van der Waals surface area contributed by atoms with Gasteiger partial charge in [0.1, 0.15) is 5.00 Å². The van der Waals surface area contributed by atoms with Crippen LogP contribution in [0, 0.1) is 0 Å². The zero-order valence-corrected chi connectivity index (χ0v) is 15.6. The maximum atomic E-state index is 12.2. The summed E-state index contributed by atoms with van der Waals surface area (Å²) >= 11 is 1.49. The molecule has 26 heavy (non-hydrogen) atoms. The van der Waals surface area contributed by atoms with E-state index in [1.54, 1.807) is 0 Å². The van der Waals surface area contributed by atoms with E-state index < -0.39 is 5.91 Å². The van der Waals surface area contributed by atoms with Crippen molar-refractivity contribution in [2.45, 2.75) is 45.1 Å². The van der Waals surface area contributed by atoms with E-state index in [9.17, 15) is 9.59 Å². The Hall–Kier alpha value is -2.18. The minimum atomic E-state index is -0.458. The molecule has 2 aromatic rings. The Morgan fingerprint density at radius 1 is 1.12 bits per heavy atom. The summed E-state index contributed by atoms with van der Waals surface area (Å²) in [6.07, 6.45) is 5.40. The number of benzene rings is 1. The molecule has 0 spiro atoms. The Morgan fingerprint density at radius 2 is 1.88 bits per heavy atom. The lowest BCUT2D eigenvalue weighted by molar-refractivity contribution is -0.117. The first kappa shape index (κ1) is 18.6. The normalized spacial score (nSPS) is 13.7. The second-order valence-corrected chi connectivity index (χ2v) is 7.57. The van der Waals surface area contributed by atoms with Gasteiger partial charge in [0.05, 0.1) is 25.2 Å². The SMILES string of the molecule is NC(=O)c1c(NC(=O)CCOCc2ccccc2)sc2c1CCCCC2. The molecule has 3 N–H and O–H groups in total. The van der Waals surface area contributed by atoms with Crippen LogP contribution in [0.1, 0.15) is 52.0 Å². The number of hydrogen-bond acceptors (Lipinski definition) is 4. The molecule has 1 aromatic heterocycles. The van der Waals surface area contributed by atoms with Crippen molar-refractivity contribution in [3.63, 3.8) is 0 Å². The Bertz CT molecular complexity index is 771. The van der Waals surface area contributed by atoms with Crippen LogP contribution in [0.2, 0.25) is 0 Å². The molecule has 138 valence electrons. The van der Waals surface area contributed by atoms with Crippen LogP contribution in [-0.2, 0) is 29.0 Å². The van der Waals surface area contributed by atoms with Crippen LogP contribution in [0.25, 0.3) is 0 Å². The summed E-state index contributed by atoms with van der Waals surface area (Å²) in [5, 5.41) is 3.46. The monoisotopic (exact) mass is 372 g/mol. The van der Waals surface area contributed by atoms with Gasteiger partial charge < -0.3 is 15.8 Å². The molecule has 5 nitrogen and oxygen atoms in total. The van der Waals surface area contributed by atoms with Gasteiger partial charge in [0.2, 0.25) is 5.91 Å². The number of fused-ring (bicyclic) bond motifs is 1. The minimum Gasteiger partial charge on any atom is -0.376 e. The van der Waals surface area contributed by atoms with E-state index in [-0.39, 0.29) is 12.3 Å². The molecule has 0 atom stereocenters. The minimum absolute atomic E-state index is 0.156. The summed E-state index contributed by atoms with van der Waals surface area (Å²) in [5.41, 5.74) is 8.21. The Balaban J connectivity index is 1.56. The summed E-state index contributed by atoms with van der Waals surface area (Å²) < 4.78 is 5.55. The number of hydrogen-bond donors (Lipinski definition) is 2. The number of nitrogens with two attached hydrogens (primary N) is 1. The predicted octanol–water partition coefficient (Wildman–Crippen LogP) is 3.66. The third-order valence-corrected chi connectivity index (χ3v) is 5.71. The Morgan fingerprint density at radius 3 is 2.65 bits per heavy atom. The molecule has 2 amide bonds. The van der Waals surface area contributed by atoms with Gasteiger partial charge in [0.15, 0.2) is 0 Å². The number of ether oxygens (including phenoxy) is 1. The van der Waals surface area contributed by atoms with Gasteiger partial charge in [-0.2, -0.15) is 0 Å². The van der Waals surface area contributed by atoms with Crippen molar-refractivity contribution in [1.29, 1.82) is 0 Å². The third kappa shape index (κ3) is 4.71. The van der Waals surface area contributed by atoms with E-state index in [2.05, 4.69) is 5.32 Å². The maximum absolute atomic E-state index is 12.2. The summed E-state index contributed by atoms with van der Waals surface area (Å²) in [4.78, 5) is 25.3. The number of anilines is 1. The van der Waals surface area contributed by atoms with Crippen molar-refractivity contribution in [3.8, 4) is 0 Å². The zero-order valence-electron chi connectivity index (χ0n) is 14.8. The van der Waals surface area contributed by atoms with Gasteiger partial charge in [-0.05, 0) is 36.8 Å². The molecule has 0 fully saturated rings. The van der Waals surface area contributed by atoms with Gasteiger partial charge in [0.25, 0.3) is 5.91 Å². The highest BCUT2D eigenvalue weighted by atomic mass is 32.1. The van der Waals surface area contributed by atoms with Crippen LogP contribution in [0.3, 0.4) is 0 Å². The van der Waals surface area contributed by atoms with Gasteiger partial charge in [0, 0.05) is 4.88 Å². The second kappa shape index (κ2) is 8.96. The molecule has 1 aromatic carbocycles. The van der Waals surface area contributed by atoms with Crippen LogP contribution < -0.4 is 11.1 Å². The predicted molar refractivity (Wildman–Crippen MR) is 103 cm³/mol. The van der Waals surface area contributed by atoms with Gasteiger partial charge in [-0.15, -0.1) is 11.3 Å². The molecule has 1 heterocycles. The van der Waals surface area contributed by atoms with Crippen LogP contribution in [0.15, 0.2) is 30.3 Å². The van der Waals surface area contributed by atoms with E-state index in [1.807, 2.05) is 30.3 Å². The van der Waals surface area contributed by atoms with E-state index in [1.165, 1.54) is 22.6 Å². The van der Waals surface area contributed by atoms with E-state index in [0.717, 1.165) is 36.8 Å². The molecule has 0 unspecified atom stereocenters. The van der Waals surface area contributed by atoms with Crippen LogP contribution >= 0.6 is 11.3 Å². The summed E-state index contributed by atoms with van der Waals surface area (Å²) in [5.74, 6) is -0.614. The topological polar surface area (TPSA) is 81.4 Å². The van der Waals surface area contributed by atoms with Crippen LogP contribution in [0.5, 0.6) is 0 Å². The lowest BCUT2D eigenvalue weighted by Gasteiger charge is -2.07. The first-order chi connectivity index (χ1) is 12.6. The number of thiophene rings is 1. The van der Waals surface area contributed by atoms with E-state index in [4.69, 9.17) is 10.5 Å². The number of aryl methyl sites for hydroxylation is 1. The first-order valence-electron chi connectivity index (χ1n) is 9.01. The molecule has 0 saturated heterocycles. The fourth-order valence-corrected chi connectivity index (χ4v) is 4.52. The molecule has 1 aliphatic rings. The van der Waals surface area contributed by atoms with Gasteiger partial charge in [-0.3, -0.25) is 9.59 Å². The van der Waals surface area contributed by atoms with Crippen LogP contribution in [-0.4, -0.2) is 18.4 Å². The standard InChI is InChI=1S/C20H24N2O3S/c21-19(24)18-15-9-5-2-6-10-16(15)26-20(18)22-17(23)11-12-25-13-14-7-3-1-4-8-14/h1,3-4,7-8H,2,5-6,9-13H2,(H2,21,24)(H,22,23). The molecule has 1 aliphatic carbocycles. The van der Waals surface area contributed by atoms with Crippen molar-refractivity contribution < 1.29 is 14.3 Å². The number of carbonyl (C=O) groups excluding carboxylic acids is 2. The number of amides is 2. The van der Waals surface area contributed by atoms with Crippen molar-refractivity contribution >= 4 is 28.2 Å². The Labute approximate surface area is 157 Å². The largest absolute Gasteiger partial charge is 0.376 e. The third-order valence-electron chi connectivity index (χ3n) is 4.51. The van der Waals surface area contributed by atoms with Crippen molar-refractivity contribution in [2.75, 3.05) is 11.9 Å². The smallest absolute Gasteiger partial charge is 0.251 e. The average Bonchev–Trinajstić information content (AvgIpc) is 2.80. The van der Waals surface area contributed by atoms with Crippen molar-refractivity contribution in [2.24, 2.45) is 5.73 Å². The number of primary amides is 1. The first-order valence-corrected chi connectivity index (χ1v) is 9.82. The molecule has 0 bridgehead atoms. The molecular formula is C20H24N2O3S. The highest BCUT2D eigenvalue weighted by Crippen LogP contribution is 2.37. The fraction of sp³-hybridized carbons (Fsp3) is 0.400. The highest BCUT2D eigenvalue weighted by Gasteiger charge is 2.24. The highest BCUT2D eigenvalue weighted by molar-refractivity contribution is 7.17. The zero-order chi connectivity index (χ0) is 18.4. The van der Waals surface area contributed by atoms with Gasteiger partial charge in [-0.25, -0.2) is 0 Å². The summed E-state index contributed by atoms with van der Waals surface area (Å²) in [6, 6.07) is 9.83. The quantitative estimate of drug-likeness (QED) is 0.575. The van der Waals surface area contributed by atoms with Gasteiger partial charge in [-0.1, -0.05) is 36.8 Å². The van der Waals surface area contributed by atoms with Crippen molar-refractivity contribution in [1.82, 2.24) is 0 Å². The molecule has 3 rings (SSSR count). The van der Waals surface area contributed by atoms with E-state index in [0.29, 0.717) is 23.8 Å². The fourth-order valence-electron chi connectivity index (χ4n) is 3.21. The molecule has 0 radical (unpaired) electrons. The van der Waals surface area contributed by atoms with Gasteiger partial charge >= 0.3 is 0 Å². The number of carbonyl (C=O) groups is 2. The molecule has 6 heteroatoms. The van der Waals surface area contributed by atoms with Crippen LogP contribution in [0.4, 0.5) is 5.00 Å². The Kier molecular flexibility index (Phi) is 6.41. The lowest BCUT2D eigenvalue weighted by atomic mass is 10.1. The molecule has 0 saturated carbocycles. The average molecular weight is 372 g/mol.